The van der Waals surface area contributed by atoms with Gasteiger partial charge in [-0.1, -0.05) is 86.6 Å². The number of rotatable bonds is 3. The molecule has 1 aliphatic heterocycles. The van der Waals surface area contributed by atoms with E-state index in [0.717, 1.165) is 48.9 Å². The molecule has 0 saturated carbocycles. The van der Waals surface area contributed by atoms with Crippen molar-refractivity contribution in [3.63, 3.8) is 0 Å². The summed E-state index contributed by atoms with van der Waals surface area (Å²) in [6.45, 7) is 4.33. The zero-order valence-corrected chi connectivity index (χ0v) is 25.8. The molecule has 4 nitrogen and oxygen atoms in total. The molecule has 0 fully saturated rings. The summed E-state index contributed by atoms with van der Waals surface area (Å²) in [6, 6.07) is 35.8. The normalized spacial score (nSPS) is 14.6. The minimum atomic E-state index is -0.492. The molecule has 1 aromatic heterocycles. The van der Waals surface area contributed by atoms with E-state index in [4.69, 9.17) is 0 Å². The summed E-state index contributed by atoms with van der Waals surface area (Å²) in [6.07, 6.45) is 1.71. The fraction of sp³-hybridized carbons (Fsp3) is 0.0750. The van der Waals surface area contributed by atoms with Gasteiger partial charge in [0.05, 0.1) is 28.6 Å². The smallest absolute Gasteiger partial charge is 0.197 e. The Morgan fingerprint density at radius 2 is 1.37 bits per heavy atom. The number of carbonyl (C=O) groups is 2. The first kappa shape index (κ1) is 27.9. The van der Waals surface area contributed by atoms with Crippen molar-refractivity contribution in [3.05, 3.63) is 153 Å². The third-order valence-corrected chi connectivity index (χ3v) is 10.2. The Balaban J connectivity index is 1.37. The summed E-state index contributed by atoms with van der Waals surface area (Å²) >= 11 is 1.50. The zero-order chi connectivity index (χ0) is 31.7. The third kappa shape index (κ3) is 4.02. The predicted molar refractivity (Wildman–Crippen MR) is 182 cm³/mol. The number of hydrogen-bond acceptors (Lipinski definition) is 5. The number of thiophene rings is 1. The number of halogens is 1. The molecule has 0 radical (unpaired) electrons. The molecule has 0 N–H and O–H groups in total. The lowest BCUT2D eigenvalue weighted by atomic mass is 9.74. The molecule has 0 atom stereocenters. The molecule has 0 spiro atoms. The SMILES string of the molecule is CC1(C)c2cc(-c3ccccc3C#N)ccc2N(c2ccc(F)c3ccccc23)c2sc(C=C3C(=O)c4ccccc4C3=O)cc21. The molecule has 0 amide bonds. The van der Waals surface area contributed by atoms with Crippen LogP contribution in [0.15, 0.2) is 115 Å². The maximum Gasteiger partial charge on any atom is 0.197 e. The first-order valence-electron chi connectivity index (χ1n) is 14.9. The van der Waals surface area contributed by atoms with E-state index in [-0.39, 0.29) is 23.0 Å². The Hall–Kier alpha value is -5.64. The van der Waals surface area contributed by atoms with Crippen LogP contribution in [0.25, 0.3) is 28.0 Å². The largest absolute Gasteiger partial charge is 0.301 e. The number of fused-ring (bicyclic) bond motifs is 4. The Bertz CT molecular complexity index is 2340. The van der Waals surface area contributed by atoms with Crippen LogP contribution in [0.5, 0.6) is 0 Å². The second-order valence-electron chi connectivity index (χ2n) is 12.1. The minimum absolute atomic E-state index is 0.157. The average Bonchev–Trinajstić information content (AvgIpc) is 3.61. The summed E-state index contributed by atoms with van der Waals surface area (Å²) in [5.74, 6) is -0.830. The van der Waals surface area contributed by atoms with E-state index >= 15 is 4.39 Å². The van der Waals surface area contributed by atoms with E-state index in [1.165, 1.54) is 17.4 Å². The molecule has 6 heteroatoms. The highest BCUT2D eigenvalue weighted by molar-refractivity contribution is 7.17. The Kier molecular flexibility index (Phi) is 6.18. The summed E-state index contributed by atoms with van der Waals surface area (Å²) in [7, 11) is 0. The highest BCUT2D eigenvalue weighted by Gasteiger charge is 2.40. The number of carbonyl (C=O) groups excluding carboxylic acids is 2. The molecule has 5 aromatic carbocycles. The highest BCUT2D eigenvalue weighted by Crippen LogP contribution is 2.57. The van der Waals surface area contributed by atoms with Crippen molar-refractivity contribution in [2.75, 3.05) is 4.90 Å². The van der Waals surface area contributed by atoms with E-state index < -0.39 is 5.41 Å². The Morgan fingerprint density at radius 3 is 2.09 bits per heavy atom. The van der Waals surface area contributed by atoms with Gasteiger partial charge in [0.15, 0.2) is 11.6 Å². The third-order valence-electron chi connectivity index (χ3n) is 9.16. The predicted octanol–water partition coefficient (Wildman–Crippen LogP) is 10.2. The highest BCUT2D eigenvalue weighted by atomic mass is 32.1. The molecular formula is C40H25FN2O2S. The van der Waals surface area contributed by atoms with Crippen molar-refractivity contribution in [2.24, 2.45) is 0 Å². The zero-order valence-electron chi connectivity index (χ0n) is 25.0. The first-order valence-corrected chi connectivity index (χ1v) is 15.8. The minimum Gasteiger partial charge on any atom is -0.301 e. The number of benzene rings is 5. The molecule has 0 bridgehead atoms. The molecule has 0 unspecified atom stereocenters. The first-order chi connectivity index (χ1) is 22.3. The van der Waals surface area contributed by atoms with Crippen molar-refractivity contribution in [1.82, 2.24) is 0 Å². The van der Waals surface area contributed by atoms with Gasteiger partial charge in [0.1, 0.15) is 10.8 Å². The number of hydrogen-bond donors (Lipinski definition) is 0. The number of Topliss-reactive ketones (excluding diaryl/α,β-unsaturated/α-hetero) is 2. The number of allylic oxidation sites excluding steroid dienone is 1. The number of nitrogens with zero attached hydrogens (tertiary/aromatic N) is 2. The summed E-state index contributed by atoms with van der Waals surface area (Å²) < 4.78 is 15.1. The summed E-state index contributed by atoms with van der Waals surface area (Å²) in [4.78, 5) is 29.5. The van der Waals surface area contributed by atoms with Crippen molar-refractivity contribution in [3.8, 4) is 17.2 Å². The molecule has 1 aliphatic carbocycles. The van der Waals surface area contributed by atoms with Gasteiger partial charge in [0.2, 0.25) is 0 Å². The van der Waals surface area contributed by atoms with Crippen LogP contribution in [0, 0.1) is 17.1 Å². The van der Waals surface area contributed by atoms with Crippen LogP contribution in [-0.4, -0.2) is 11.6 Å². The van der Waals surface area contributed by atoms with E-state index in [1.807, 2.05) is 48.5 Å². The van der Waals surface area contributed by atoms with Crippen LogP contribution < -0.4 is 4.90 Å². The van der Waals surface area contributed by atoms with Crippen molar-refractivity contribution < 1.29 is 14.0 Å². The van der Waals surface area contributed by atoms with Crippen molar-refractivity contribution in [2.45, 2.75) is 19.3 Å². The Morgan fingerprint density at radius 1 is 0.739 bits per heavy atom. The van der Waals surface area contributed by atoms with Gasteiger partial charge in [0.25, 0.3) is 0 Å². The lowest BCUT2D eigenvalue weighted by Crippen LogP contribution is -2.29. The second-order valence-corrected chi connectivity index (χ2v) is 13.2. The Labute approximate surface area is 269 Å². The van der Waals surface area contributed by atoms with E-state index in [2.05, 4.69) is 43.0 Å². The number of ketones is 2. The van der Waals surface area contributed by atoms with Crippen LogP contribution in [0.3, 0.4) is 0 Å². The van der Waals surface area contributed by atoms with Gasteiger partial charge in [-0.25, -0.2) is 4.39 Å². The number of nitriles is 1. The van der Waals surface area contributed by atoms with Crippen molar-refractivity contribution >= 4 is 56.1 Å². The lowest BCUT2D eigenvalue weighted by molar-refractivity contribution is 0.0990. The standard InChI is InChI=1S/C40H25FN2O2S/c1-40(2)32-19-23(26-10-4-3-9-24(26)22-42)15-17-36(32)43(35-18-16-34(41)27-11-5-6-12-28(27)35)39-33(40)21-25(46-39)20-31-37(44)29-13-7-8-14-30(29)38(31)45/h3-21H,1-2H3. The molecule has 0 saturated heterocycles. The monoisotopic (exact) mass is 616 g/mol. The van der Waals surface area contributed by atoms with Gasteiger partial charge in [-0.15, -0.1) is 11.3 Å². The quantitative estimate of drug-likeness (QED) is 0.147. The second kappa shape index (κ2) is 10.2. The fourth-order valence-corrected chi connectivity index (χ4v) is 8.09. The van der Waals surface area contributed by atoms with E-state index in [9.17, 15) is 14.9 Å². The van der Waals surface area contributed by atoms with Crippen molar-refractivity contribution in [1.29, 1.82) is 5.26 Å². The number of anilines is 3. The molecule has 2 heterocycles. The summed E-state index contributed by atoms with van der Waals surface area (Å²) in [5.41, 5.74) is 6.70. The van der Waals surface area contributed by atoms with Gasteiger partial charge in [0, 0.05) is 32.2 Å². The van der Waals surface area contributed by atoms with E-state index in [0.29, 0.717) is 22.1 Å². The lowest BCUT2D eigenvalue weighted by Gasteiger charge is -2.40. The molecule has 6 aromatic rings. The molecular weight excluding hydrogens is 592 g/mol. The molecule has 8 rings (SSSR count). The van der Waals surface area contributed by atoms with Gasteiger partial charge in [-0.05, 0) is 64.7 Å². The van der Waals surface area contributed by atoms with Gasteiger partial charge < -0.3 is 4.90 Å². The molecule has 220 valence electrons. The van der Waals surface area contributed by atoms with Gasteiger partial charge in [-0.2, -0.15) is 5.26 Å². The molecule has 2 aliphatic rings. The van der Waals surface area contributed by atoms with Gasteiger partial charge in [-0.3, -0.25) is 9.59 Å². The average molecular weight is 617 g/mol. The van der Waals surface area contributed by atoms with Crippen LogP contribution in [0.4, 0.5) is 20.8 Å². The summed E-state index contributed by atoms with van der Waals surface area (Å²) in [5, 5.41) is 12.1. The van der Waals surface area contributed by atoms with Crippen LogP contribution in [-0.2, 0) is 5.41 Å². The maximum atomic E-state index is 15.1. The maximum absolute atomic E-state index is 15.1. The van der Waals surface area contributed by atoms with Gasteiger partial charge >= 0.3 is 0 Å². The van der Waals surface area contributed by atoms with E-state index in [1.54, 1.807) is 42.5 Å². The topological polar surface area (TPSA) is 61.2 Å². The van der Waals surface area contributed by atoms with Crippen LogP contribution >= 0.6 is 11.3 Å². The van der Waals surface area contributed by atoms with Crippen LogP contribution in [0.2, 0.25) is 0 Å². The van der Waals surface area contributed by atoms with Crippen LogP contribution in [0.1, 0.15) is 56.1 Å². The molecule has 46 heavy (non-hydrogen) atoms. The fourth-order valence-electron chi connectivity index (χ4n) is 6.80.